The Kier molecular flexibility index (Phi) is 2.50. The van der Waals surface area contributed by atoms with E-state index in [1.165, 1.54) is 0 Å². The monoisotopic (exact) mass is 192 g/mol. The molecule has 1 heterocycles. The SMILES string of the molecule is C#C[C@H]1CC(=O)OC1CC(F)(F)F. The highest BCUT2D eigenvalue weighted by Gasteiger charge is 2.41. The molecular weight excluding hydrogens is 185 g/mol. The van der Waals surface area contributed by atoms with Crippen molar-refractivity contribution in [3.8, 4) is 12.3 Å². The largest absolute Gasteiger partial charge is 0.461 e. The fourth-order valence-corrected chi connectivity index (χ4v) is 1.19. The van der Waals surface area contributed by atoms with E-state index in [4.69, 9.17) is 6.42 Å². The van der Waals surface area contributed by atoms with Crippen LogP contribution in [0, 0.1) is 18.3 Å². The van der Waals surface area contributed by atoms with Gasteiger partial charge in [0, 0.05) is 0 Å². The normalized spacial score (nSPS) is 28.3. The number of hydrogen-bond donors (Lipinski definition) is 0. The van der Waals surface area contributed by atoms with Crippen molar-refractivity contribution in [3.05, 3.63) is 0 Å². The van der Waals surface area contributed by atoms with E-state index in [0.717, 1.165) is 0 Å². The summed E-state index contributed by atoms with van der Waals surface area (Å²) in [6.45, 7) is 0. The van der Waals surface area contributed by atoms with Crippen molar-refractivity contribution in [2.24, 2.45) is 5.92 Å². The average molecular weight is 192 g/mol. The van der Waals surface area contributed by atoms with Gasteiger partial charge in [0.25, 0.3) is 0 Å². The van der Waals surface area contributed by atoms with E-state index in [1.807, 2.05) is 0 Å². The van der Waals surface area contributed by atoms with Crippen LogP contribution in [0.3, 0.4) is 0 Å². The second kappa shape index (κ2) is 3.29. The molecule has 5 heteroatoms. The number of esters is 1. The van der Waals surface area contributed by atoms with Gasteiger partial charge in [0.15, 0.2) is 0 Å². The smallest absolute Gasteiger partial charge is 0.392 e. The average Bonchev–Trinajstić information content (AvgIpc) is 2.27. The summed E-state index contributed by atoms with van der Waals surface area (Å²) >= 11 is 0. The van der Waals surface area contributed by atoms with Gasteiger partial charge in [-0.15, -0.1) is 6.42 Å². The Morgan fingerprint density at radius 3 is 2.69 bits per heavy atom. The lowest BCUT2D eigenvalue weighted by molar-refractivity contribution is -0.165. The number of rotatable bonds is 1. The highest BCUT2D eigenvalue weighted by molar-refractivity contribution is 5.72. The van der Waals surface area contributed by atoms with Gasteiger partial charge in [-0.2, -0.15) is 13.2 Å². The fourth-order valence-electron chi connectivity index (χ4n) is 1.19. The second-order valence-electron chi connectivity index (χ2n) is 2.82. The summed E-state index contributed by atoms with van der Waals surface area (Å²) in [5.41, 5.74) is 0. The van der Waals surface area contributed by atoms with E-state index >= 15 is 0 Å². The first-order chi connectivity index (χ1) is 5.92. The summed E-state index contributed by atoms with van der Waals surface area (Å²) in [6, 6.07) is 0. The summed E-state index contributed by atoms with van der Waals surface area (Å²) in [5, 5.41) is 0. The standard InChI is InChI=1S/C8H7F3O2/c1-2-5-3-7(12)13-6(5)4-8(9,10)11/h1,5-6H,3-4H2/t5-,6?/m0/s1. The van der Waals surface area contributed by atoms with Crippen LogP contribution in [0.15, 0.2) is 0 Å². The van der Waals surface area contributed by atoms with Gasteiger partial charge in [0.05, 0.1) is 18.8 Å². The highest BCUT2D eigenvalue weighted by Crippen LogP contribution is 2.31. The van der Waals surface area contributed by atoms with Gasteiger partial charge in [-0.05, 0) is 0 Å². The Hall–Kier alpha value is -1.18. The predicted molar refractivity (Wildman–Crippen MR) is 37.5 cm³/mol. The molecule has 2 atom stereocenters. The number of carbonyl (C=O) groups is 1. The van der Waals surface area contributed by atoms with Gasteiger partial charge < -0.3 is 4.74 Å². The van der Waals surface area contributed by atoms with Gasteiger partial charge in [0.2, 0.25) is 0 Å². The molecule has 1 rings (SSSR count). The molecule has 1 aliphatic heterocycles. The van der Waals surface area contributed by atoms with Crippen LogP contribution in [0.1, 0.15) is 12.8 Å². The minimum absolute atomic E-state index is 0.114. The molecule has 0 saturated carbocycles. The van der Waals surface area contributed by atoms with Crippen molar-refractivity contribution < 1.29 is 22.7 Å². The Morgan fingerprint density at radius 2 is 2.23 bits per heavy atom. The van der Waals surface area contributed by atoms with E-state index in [0.29, 0.717) is 0 Å². The quantitative estimate of drug-likeness (QED) is 0.465. The van der Waals surface area contributed by atoms with Crippen molar-refractivity contribution in [1.82, 2.24) is 0 Å². The maximum atomic E-state index is 11.9. The maximum absolute atomic E-state index is 11.9. The third-order valence-electron chi connectivity index (χ3n) is 1.76. The third-order valence-corrected chi connectivity index (χ3v) is 1.76. The molecule has 0 aromatic carbocycles. The van der Waals surface area contributed by atoms with Crippen LogP contribution in [0.4, 0.5) is 13.2 Å². The molecule has 0 bridgehead atoms. The molecular formula is C8H7F3O2. The molecule has 0 aromatic rings. The molecule has 0 N–H and O–H groups in total. The molecule has 1 aliphatic rings. The molecule has 72 valence electrons. The number of hydrogen-bond acceptors (Lipinski definition) is 2. The molecule has 13 heavy (non-hydrogen) atoms. The minimum Gasteiger partial charge on any atom is -0.461 e. The Morgan fingerprint density at radius 1 is 1.62 bits per heavy atom. The second-order valence-corrected chi connectivity index (χ2v) is 2.82. The van der Waals surface area contributed by atoms with Crippen LogP contribution in [0.25, 0.3) is 0 Å². The molecule has 0 spiro atoms. The summed E-state index contributed by atoms with van der Waals surface area (Å²) < 4.78 is 40.1. The van der Waals surface area contributed by atoms with E-state index in [2.05, 4.69) is 10.7 Å². The summed E-state index contributed by atoms with van der Waals surface area (Å²) in [5.74, 6) is 0.724. The Balaban J connectivity index is 2.60. The zero-order valence-electron chi connectivity index (χ0n) is 6.60. The Bertz CT molecular complexity index is 251. The number of cyclic esters (lactones) is 1. The first kappa shape index (κ1) is 9.90. The van der Waals surface area contributed by atoms with Crippen molar-refractivity contribution in [1.29, 1.82) is 0 Å². The zero-order valence-corrected chi connectivity index (χ0v) is 6.60. The predicted octanol–water partition coefficient (Wildman–Crippen LogP) is 1.50. The summed E-state index contributed by atoms with van der Waals surface area (Å²) in [6.07, 6.45) is -1.86. The third kappa shape index (κ3) is 2.65. The van der Waals surface area contributed by atoms with E-state index in [-0.39, 0.29) is 6.42 Å². The first-order valence-electron chi connectivity index (χ1n) is 3.65. The minimum atomic E-state index is -4.34. The van der Waals surface area contributed by atoms with Crippen LogP contribution in [0.2, 0.25) is 0 Å². The molecule has 0 amide bonds. The molecule has 0 aromatic heterocycles. The van der Waals surface area contributed by atoms with Crippen molar-refractivity contribution in [2.45, 2.75) is 25.1 Å². The number of carbonyl (C=O) groups excluding carboxylic acids is 1. The lowest BCUT2D eigenvalue weighted by atomic mass is 10.00. The molecule has 1 unspecified atom stereocenters. The van der Waals surface area contributed by atoms with E-state index < -0.39 is 30.6 Å². The number of ether oxygens (including phenoxy) is 1. The van der Waals surface area contributed by atoms with E-state index in [1.54, 1.807) is 0 Å². The van der Waals surface area contributed by atoms with Gasteiger partial charge in [-0.3, -0.25) is 4.79 Å². The Labute approximate surface area is 73.1 Å². The number of alkyl halides is 3. The molecule has 0 aliphatic carbocycles. The summed E-state index contributed by atoms with van der Waals surface area (Å²) in [7, 11) is 0. The van der Waals surface area contributed by atoms with Crippen molar-refractivity contribution >= 4 is 5.97 Å². The highest BCUT2D eigenvalue weighted by atomic mass is 19.4. The number of halogens is 3. The fraction of sp³-hybridized carbons (Fsp3) is 0.625. The van der Waals surface area contributed by atoms with Crippen molar-refractivity contribution in [3.63, 3.8) is 0 Å². The van der Waals surface area contributed by atoms with Crippen LogP contribution < -0.4 is 0 Å². The van der Waals surface area contributed by atoms with Crippen molar-refractivity contribution in [2.75, 3.05) is 0 Å². The van der Waals surface area contributed by atoms with Crippen LogP contribution >= 0.6 is 0 Å². The maximum Gasteiger partial charge on any atom is 0.392 e. The zero-order chi connectivity index (χ0) is 10.1. The van der Waals surface area contributed by atoms with Crippen LogP contribution in [0.5, 0.6) is 0 Å². The lowest BCUT2D eigenvalue weighted by Crippen LogP contribution is -2.23. The molecule has 1 saturated heterocycles. The molecule has 2 nitrogen and oxygen atoms in total. The van der Waals surface area contributed by atoms with Gasteiger partial charge in [-0.1, -0.05) is 5.92 Å². The lowest BCUT2D eigenvalue weighted by Gasteiger charge is -2.14. The van der Waals surface area contributed by atoms with E-state index in [9.17, 15) is 18.0 Å². The first-order valence-corrected chi connectivity index (χ1v) is 3.65. The molecule has 1 fully saturated rings. The number of terminal acetylenes is 1. The summed E-state index contributed by atoms with van der Waals surface area (Å²) in [4.78, 5) is 10.6. The van der Waals surface area contributed by atoms with Gasteiger partial charge >= 0.3 is 12.1 Å². The van der Waals surface area contributed by atoms with Gasteiger partial charge in [0.1, 0.15) is 6.10 Å². The topological polar surface area (TPSA) is 26.3 Å². The molecule has 0 radical (unpaired) electrons. The van der Waals surface area contributed by atoms with Crippen LogP contribution in [-0.2, 0) is 9.53 Å². The van der Waals surface area contributed by atoms with Gasteiger partial charge in [-0.25, -0.2) is 0 Å². The van der Waals surface area contributed by atoms with Crippen LogP contribution in [-0.4, -0.2) is 18.2 Å².